The molecular weight excluding hydrogens is 280 g/mol. The van der Waals surface area contributed by atoms with Crippen molar-refractivity contribution in [1.29, 1.82) is 0 Å². The number of thiophene rings is 1. The Morgan fingerprint density at radius 1 is 1.20 bits per heavy atom. The van der Waals surface area contributed by atoms with Crippen molar-refractivity contribution >= 4 is 11.3 Å². The van der Waals surface area contributed by atoms with E-state index in [2.05, 4.69) is 34.5 Å². The molecule has 2 nitrogen and oxygen atoms in total. The van der Waals surface area contributed by atoms with Crippen molar-refractivity contribution < 1.29 is 13.5 Å². The Hall–Kier alpha value is -1.46. The number of rotatable bonds is 7. The molecule has 0 bridgehead atoms. The molecule has 2 rings (SSSR count). The minimum absolute atomic E-state index is 0.190. The topological polar surface area (TPSA) is 21.3 Å². The van der Waals surface area contributed by atoms with Crippen LogP contribution < -0.4 is 10.1 Å². The molecule has 108 valence electrons. The first-order chi connectivity index (χ1) is 9.63. The van der Waals surface area contributed by atoms with Gasteiger partial charge in [0.2, 0.25) is 0 Å². The monoisotopic (exact) mass is 297 g/mol. The molecule has 1 heterocycles. The highest BCUT2D eigenvalue weighted by atomic mass is 32.1. The molecule has 1 N–H and O–H groups in total. The van der Waals surface area contributed by atoms with Crippen LogP contribution in [0.3, 0.4) is 0 Å². The number of benzene rings is 1. The summed E-state index contributed by atoms with van der Waals surface area (Å²) in [6, 6.07) is 11.3. The number of halogens is 2. The lowest BCUT2D eigenvalue weighted by Crippen LogP contribution is -2.27. The molecule has 1 aromatic carbocycles. The largest absolute Gasteiger partial charge is 0.435 e. The van der Waals surface area contributed by atoms with E-state index in [9.17, 15) is 8.78 Å². The molecule has 0 amide bonds. The van der Waals surface area contributed by atoms with Crippen LogP contribution in [-0.2, 0) is 13.0 Å². The minimum atomic E-state index is -2.77. The summed E-state index contributed by atoms with van der Waals surface area (Å²) >= 11 is 1.75. The normalized spacial score (nSPS) is 12.6. The molecule has 0 aliphatic heterocycles. The Kier molecular flexibility index (Phi) is 5.49. The van der Waals surface area contributed by atoms with Crippen LogP contribution >= 0.6 is 11.3 Å². The number of hydrogen-bond donors (Lipinski definition) is 1. The fourth-order valence-electron chi connectivity index (χ4n) is 1.88. The molecule has 0 saturated heterocycles. The first kappa shape index (κ1) is 14.9. The van der Waals surface area contributed by atoms with Crippen molar-refractivity contribution in [3.8, 4) is 5.75 Å². The molecule has 0 spiro atoms. The average molecular weight is 297 g/mol. The number of alkyl halides is 2. The molecule has 0 fully saturated rings. The van der Waals surface area contributed by atoms with Gasteiger partial charge in [-0.25, -0.2) is 0 Å². The lowest BCUT2D eigenvalue weighted by atomic mass is 10.1. The number of nitrogens with one attached hydrogen (secondary N) is 1. The van der Waals surface area contributed by atoms with Crippen LogP contribution in [0.4, 0.5) is 8.78 Å². The Morgan fingerprint density at radius 3 is 2.55 bits per heavy atom. The van der Waals surface area contributed by atoms with Crippen LogP contribution in [0.2, 0.25) is 0 Å². The quantitative estimate of drug-likeness (QED) is 0.832. The fourth-order valence-corrected chi connectivity index (χ4v) is 2.72. The molecule has 0 radical (unpaired) electrons. The Balaban J connectivity index is 1.78. The average Bonchev–Trinajstić information content (AvgIpc) is 2.90. The van der Waals surface area contributed by atoms with Gasteiger partial charge in [0.1, 0.15) is 5.75 Å². The van der Waals surface area contributed by atoms with Gasteiger partial charge < -0.3 is 10.1 Å². The van der Waals surface area contributed by atoms with Crippen LogP contribution in [0.5, 0.6) is 5.75 Å². The molecule has 1 atom stereocenters. The van der Waals surface area contributed by atoms with Crippen LogP contribution in [0, 0.1) is 0 Å². The second-order valence-electron chi connectivity index (χ2n) is 4.59. The van der Waals surface area contributed by atoms with Gasteiger partial charge in [-0.15, -0.1) is 11.3 Å². The zero-order valence-corrected chi connectivity index (χ0v) is 12.0. The highest BCUT2D eigenvalue weighted by Crippen LogP contribution is 2.15. The van der Waals surface area contributed by atoms with Gasteiger partial charge in [-0.2, -0.15) is 8.78 Å². The molecule has 5 heteroatoms. The summed E-state index contributed by atoms with van der Waals surface area (Å²) in [5, 5.41) is 5.49. The van der Waals surface area contributed by atoms with Crippen molar-refractivity contribution in [2.75, 3.05) is 0 Å². The van der Waals surface area contributed by atoms with E-state index < -0.39 is 6.61 Å². The summed E-state index contributed by atoms with van der Waals surface area (Å²) in [7, 11) is 0. The van der Waals surface area contributed by atoms with Gasteiger partial charge in [0.25, 0.3) is 0 Å². The minimum Gasteiger partial charge on any atom is -0.435 e. The number of ether oxygens (including phenoxy) is 1. The van der Waals surface area contributed by atoms with Crippen LogP contribution in [0.1, 0.15) is 17.4 Å². The van der Waals surface area contributed by atoms with E-state index in [4.69, 9.17) is 0 Å². The zero-order chi connectivity index (χ0) is 14.4. The zero-order valence-electron chi connectivity index (χ0n) is 11.2. The van der Waals surface area contributed by atoms with Crippen molar-refractivity contribution in [2.24, 2.45) is 0 Å². The van der Waals surface area contributed by atoms with E-state index in [1.54, 1.807) is 35.6 Å². The first-order valence-corrected chi connectivity index (χ1v) is 7.31. The maximum absolute atomic E-state index is 12.0. The van der Waals surface area contributed by atoms with Gasteiger partial charge in [-0.05, 0) is 42.5 Å². The maximum atomic E-state index is 12.0. The van der Waals surface area contributed by atoms with E-state index in [1.165, 1.54) is 4.88 Å². The highest BCUT2D eigenvalue weighted by Gasteiger charge is 2.06. The van der Waals surface area contributed by atoms with Gasteiger partial charge >= 0.3 is 6.61 Å². The standard InChI is InChI=1S/C15H17F2NOS/c1-11(9-14-3-2-8-20-14)18-10-12-4-6-13(7-5-12)19-15(16)17/h2-8,11,15,18H,9-10H2,1H3. The van der Waals surface area contributed by atoms with Crippen molar-refractivity contribution in [2.45, 2.75) is 32.5 Å². The molecule has 1 aromatic heterocycles. The van der Waals surface area contributed by atoms with E-state index in [-0.39, 0.29) is 5.75 Å². The first-order valence-electron chi connectivity index (χ1n) is 6.43. The third-order valence-corrected chi connectivity index (χ3v) is 3.79. The van der Waals surface area contributed by atoms with Crippen LogP contribution in [0.15, 0.2) is 41.8 Å². The lowest BCUT2D eigenvalue weighted by Gasteiger charge is -2.13. The van der Waals surface area contributed by atoms with Crippen molar-refractivity contribution in [3.05, 3.63) is 52.2 Å². The van der Waals surface area contributed by atoms with Crippen molar-refractivity contribution in [3.63, 3.8) is 0 Å². The van der Waals surface area contributed by atoms with Crippen LogP contribution in [-0.4, -0.2) is 12.7 Å². The SMILES string of the molecule is CC(Cc1cccs1)NCc1ccc(OC(F)F)cc1. The predicted octanol–water partition coefficient (Wildman–Crippen LogP) is 4.07. The lowest BCUT2D eigenvalue weighted by molar-refractivity contribution is -0.0498. The molecule has 0 aliphatic rings. The van der Waals surface area contributed by atoms with Gasteiger partial charge in [0.05, 0.1) is 0 Å². The van der Waals surface area contributed by atoms with Crippen molar-refractivity contribution in [1.82, 2.24) is 5.32 Å². The molecule has 2 aromatic rings. The second-order valence-corrected chi connectivity index (χ2v) is 5.62. The third kappa shape index (κ3) is 4.90. The van der Waals surface area contributed by atoms with Gasteiger partial charge in [0, 0.05) is 17.5 Å². The Bertz CT molecular complexity index is 499. The van der Waals surface area contributed by atoms with Gasteiger partial charge in [0.15, 0.2) is 0 Å². The Morgan fingerprint density at radius 2 is 1.95 bits per heavy atom. The summed E-state index contributed by atoms with van der Waals surface area (Å²) in [6.07, 6.45) is 0.990. The highest BCUT2D eigenvalue weighted by molar-refractivity contribution is 7.09. The summed E-state index contributed by atoms with van der Waals surface area (Å²) in [4.78, 5) is 1.35. The molecule has 0 aliphatic carbocycles. The van der Waals surface area contributed by atoms with E-state index in [0.29, 0.717) is 12.6 Å². The number of hydrogen-bond acceptors (Lipinski definition) is 3. The Labute approximate surface area is 121 Å². The van der Waals surface area contributed by atoms with Gasteiger partial charge in [-0.1, -0.05) is 18.2 Å². The van der Waals surface area contributed by atoms with E-state index >= 15 is 0 Å². The third-order valence-electron chi connectivity index (χ3n) is 2.89. The molecule has 20 heavy (non-hydrogen) atoms. The van der Waals surface area contributed by atoms with E-state index in [0.717, 1.165) is 12.0 Å². The summed E-state index contributed by atoms with van der Waals surface area (Å²) < 4.78 is 28.4. The molecule has 0 saturated carbocycles. The second kappa shape index (κ2) is 7.36. The molecule has 1 unspecified atom stereocenters. The maximum Gasteiger partial charge on any atom is 0.387 e. The summed E-state index contributed by atoms with van der Waals surface area (Å²) in [6.45, 7) is 0.0694. The summed E-state index contributed by atoms with van der Waals surface area (Å²) in [5.41, 5.74) is 1.05. The predicted molar refractivity (Wildman–Crippen MR) is 77.4 cm³/mol. The summed E-state index contributed by atoms with van der Waals surface area (Å²) in [5.74, 6) is 0.190. The van der Waals surface area contributed by atoms with Gasteiger partial charge in [-0.3, -0.25) is 0 Å². The molecular formula is C15H17F2NOS. The van der Waals surface area contributed by atoms with Crippen LogP contribution in [0.25, 0.3) is 0 Å². The fraction of sp³-hybridized carbons (Fsp3) is 0.333. The smallest absolute Gasteiger partial charge is 0.387 e. The van der Waals surface area contributed by atoms with E-state index in [1.807, 2.05) is 0 Å².